The highest BCUT2D eigenvalue weighted by atomic mass is 15.1. The molecule has 8 aromatic carbocycles. The summed E-state index contributed by atoms with van der Waals surface area (Å²) < 4.78 is 0. The van der Waals surface area contributed by atoms with Crippen LogP contribution in [-0.2, 0) is 0 Å². The van der Waals surface area contributed by atoms with E-state index < -0.39 is 0 Å². The fourth-order valence-electron chi connectivity index (χ4n) is 7.80. The Labute approximate surface area is 306 Å². The summed E-state index contributed by atoms with van der Waals surface area (Å²) in [5.41, 5.74) is 12.0. The van der Waals surface area contributed by atoms with Crippen molar-refractivity contribution in [3.8, 4) is 33.4 Å². The SMILES string of the molecule is CC1C=CC=CC1c1ccc(-c2ccc(N(c3ccc(-c4ccccc4)cc3)c3ccc(-c4cc5ccccc5c5ccccc45)cc3)cc2)cc1. The number of hydrogen-bond donors (Lipinski definition) is 0. The maximum Gasteiger partial charge on any atom is 0.0462 e. The Morgan fingerprint density at radius 1 is 0.385 bits per heavy atom. The molecule has 1 aliphatic carbocycles. The molecular weight excluding hydrogens is 627 g/mol. The number of nitrogens with zero attached hydrogens (tertiary/aromatic N) is 1. The highest BCUT2D eigenvalue weighted by Gasteiger charge is 2.17. The van der Waals surface area contributed by atoms with Crippen molar-refractivity contribution in [3.63, 3.8) is 0 Å². The topological polar surface area (TPSA) is 3.24 Å². The van der Waals surface area contributed by atoms with Gasteiger partial charge in [0, 0.05) is 23.0 Å². The Balaban J connectivity index is 1.07. The van der Waals surface area contributed by atoms with Gasteiger partial charge in [0.25, 0.3) is 0 Å². The van der Waals surface area contributed by atoms with Gasteiger partial charge in [-0.15, -0.1) is 0 Å². The Morgan fingerprint density at radius 3 is 1.44 bits per heavy atom. The fraction of sp³-hybridized carbons (Fsp3) is 0.0588. The third-order valence-electron chi connectivity index (χ3n) is 10.6. The first-order valence-electron chi connectivity index (χ1n) is 18.2. The second kappa shape index (κ2) is 13.7. The summed E-state index contributed by atoms with van der Waals surface area (Å²) in [4.78, 5) is 2.36. The third kappa shape index (κ3) is 6.01. The molecule has 0 bridgehead atoms. The van der Waals surface area contributed by atoms with E-state index in [1.807, 2.05) is 0 Å². The number of fused-ring (bicyclic) bond motifs is 3. The minimum atomic E-state index is 0.426. The summed E-state index contributed by atoms with van der Waals surface area (Å²) >= 11 is 0. The second-order valence-corrected chi connectivity index (χ2v) is 13.8. The zero-order valence-corrected chi connectivity index (χ0v) is 29.2. The molecule has 0 saturated heterocycles. The van der Waals surface area contributed by atoms with Gasteiger partial charge in [0.2, 0.25) is 0 Å². The lowest BCUT2D eigenvalue weighted by atomic mass is 9.84. The van der Waals surface area contributed by atoms with Crippen LogP contribution in [0.3, 0.4) is 0 Å². The van der Waals surface area contributed by atoms with Crippen LogP contribution < -0.4 is 4.90 Å². The van der Waals surface area contributed by atoms with E-state index in [1.165, 1.54) is 60.5 Å². The quantitative estimate of drug-likeness (QED) is 0.153. The van der Waals surface area contributed by atoms with E-state index in [4.69, 9.17) is 0 Å². The van der Waals surface area contributed by atoms with E-state index >= 15 is 0 Å². The predicted octanol–water partition coefficient (Wildman–Crippen LogP) is 14.3. The van der Waals surface area contributed by atoms with Crippen LogP contribution in [0.1, 0.15) is 18.4 Å². The molecule has 52 heavy (non-hydrogen) atoms. The molecule has 0 amide bonds. The van der Waals surface area contributed by atoms with Crippen LogP contribution in [0.15, 0.2) is 206 Å². The molecule has 2 atom stereocenters. The minimum Gasteiger partial charge on any atom is -0.311 e. The summed E-state index contributed by atoms with van der Waals surface area (Å²) in [5, 5.41) is 5.10. The average molecular weight is 666 g/mol. The van der Waals surface area contributed by atoms with Crippen molar-refractivity contribution in [1.82, 2.24) is 0 Å². The molecule has 9 rings (SSSR count). The molecule has 0 aromatic heterocycles. The van der Waals surface area contributed by atoms with Gasteiger partial charge >= 0.3 is 0 Å². The van der Waals surface area contributed by atoms with Crippen LogP contribution in [0.25, 0.3) is 54.9 Å². The summed E-state index contributed by atoms with van der Waals surface area (Å²) in [7, 11) is 0. The second-order valence-electron chi connectivity index (χ2n) is 13.8. The van der Waals surface area contributed by atoms with Gasteiger partial charge in [0.1, 0.15) is 0 Å². The Morgan fingerprint density at radius 2 is 0.846 bits per heavy atom. The Hall–Kier alpha value is -6.44. The van der Waals surface area contributed by atoms with Gasteiger partial charge < -0.3 is 4.90 Å². The third-order valence-corrected chi connectivity index (χ3v) is 10.6. The number of rotatable bonds is 7. The van der Waals surface area contributed by atoms with E-state index in [9.17, 15) is 0 Å². The van der Waals surface area contributed by atoms with Gasteiger partial charge in [-0.1, -0.05) is 171 Å². The first kappa shape index (κ1) is 31.5. The molecule has 0 N–H and O–H groups in total. The zero-order chi connectivity index (χ0) is 34.9. The van der Waals surface area contributed by atoms with E-state index in [1.54, 1.807) is 0 Å². The molecule has 2 unspecified atom stereocenters. The molecule has 0 heterocycles. The maximum atomic E-state index is 2.36. The summed E-state index contributed by atoms with van der Waals surface area (Å²) in [5.74, 6) is 0.929. The normalized spacial score (nSPS) is 15.2. The predicted molar refractivity (Wildman–Crippen MR) is 223 cm³/mol. The lowest BCUT2D eigenvalue weighted by Crippen LogP contribution is -2.09. The minimum absolute atomic E-state index is 0.426. The fourth-order valence-corrected chi connectivity index (χ4v) is 7.80. The first-order valence-corrected chi connectivity index (χ1v) is 18.2. The molecular formula is C51H39N. The van der Waals surface area contributed by atoms with Gasteiger partial charge in [-0.05, 0) is 109 Å². The largest absolute Gasteiger partial charge is 0.311 e. The van der Waals surface area contributed by atoms with Crippen LogP contribution >= 0.6 is 0 Å². The van der Waals surface area contributed by atoms with Crippen molar-refractivity contribution in [2.24, 2.45) is 5.92 Å². The smallest absolute Gasteiger partial charge is 0.0462 e. The van der Waals surface area contributed by atoms with Crippen LogP contribution in [0.4, 0.5) is 17.1 Å². The Bertz CT molecular complexity index is 2540. The van der Waals surface area contributed by atoms with Crippen LogP contribution in [0.2, 0.25) is 0 Å². The summed E-state index contributed by atoms with van der Waals surface area (Å²) in [6, 6.07) is 66.4. The standard InChI is InChI=1S/C51H39N/c1-36-11-5-7-15-47(36)41-21-19-38(20-22-41)40-25-31-45(32-26-40)52(44-29-23-39(24-30-44)37-12-3-2-4-13-37)46-33-27-42(28-34-46)51-35-43-14-6-8-16-48(43)49-17-9-10-18-50(49)51/h2-36,47H,1H3. The van der Waals surface area contributed by atoms with E-state index in [2.05, 4.69) is 218 Å². The molecule has 0 fully saturated rings. The van der Waals surface area contributed by atoms with Gasteiger partial charge in [-0.25, -0.2) is 0 Å². The molecule has 0 radical (unpaired) electrons. The number of allylic oxidation sites excluding steroid dienone is 4. The van der Waals surface area contributed by atoms with Crippen molar-refractivity contribution in [1.29, 1.82) is 0 Å². The molecule has 1 aliphatic rings. The molecule has 0 saturated carbocycles. The zero-order valence-electron chi connectivity index (χ0n) is 29.2. The van der Waals surface area contributed by atoms with Crippen molar-refractivity contribution < 1.29 is 0 Å². The Kier molecular flexibility index (Phi) is 8.31. The molecule has 8 aromatic rings. The highest BCUT2D eigenvalue weighted by molar-refractivity contribution is 6.13. The van der Waals surface area contributed by atoms with E-state index in [0.717, 1.165) is 17.1 Å². The van der Waals surface area contributed by atoms with Gasteiger partial charge in [-0.2, -0.15) is 0 Å². The van der Waals surface area contributed by atoms with Crippen LogP contribution in [-0.4, -0.2) is 0 Å². The monoisotopic (exact) mass is 665 g/mol. The molecule has 1 heteroatoms. The number of hydrogen-bond acceptors (Lipinski definition) is 1. The first-order chi connectivity index (χ1) is 25.7. The van der Waals surface area contributed by atoms with Crippen molar-refractivity contribution in [2.75, 3.05) is 4.90 Å². The van der Waals surface area contributed by atoms with E-state index in [0.29, 0.717) is 11.8 Å². The van der Waals surface area contributed by atoms with Gasteiger partial charge in [0.15, 0.2) is 0 Å². The van der Waals surface area contributed by atoms with Crippen molar-refractivity contribution in [3.05, 3.63) is 212 Å². The average Bonchev–Trinajstić information content (AvgIpc) is 3.22. The molecule has 1 nitrogen and oxygen atoms in total. The van der Waals surface area contributed by atoms with Crippen LogP contribution in [0.5, 0.6) is 0 Å². The summed E-state index contributed by atoms with van der Waals surface area (Å²) in [6.07, 6.45) is 8.92. The molecule has 248 valence electrons. The van der Waals surface area contributed by atoms with E-state index in [-0.39, 0.29) is 0 Å². The number of benzene rings is 8. The maximum absolute atomic E-state index is 2.36. The number of anilines is 3. The molecule has 0 spiro atoms. The lowest BCUT2D eigenvalue weighted by Gasteiger charge is -2.26. The van der Waals surface area contributed by atoms with Gasteiger partial charge in [-0.3, -0.25) is 0 Å². The van der Waals surface area contributed by atoms with Crippen molar-refractivity contribution >= 4 is 38.6 Å². The summed E-state index contributed by atoms with van der Waals surface area (Å²) in [6.45, 7) is 2.29. The van der Waals surface area contributed by atoms with Gasteiger partial charge in [0.05, 0.1) is 0 Å². The lowest BCUT2D eigenvalue weighted by molar-refractivity contribution is 0.635. The van der Waals surface area contributed by atoms with Crippen LogP contribution in [0, 0.1) is 5.92 Å². The highest BCUT2D eigenvalue weighted by Crippen LogP contribution is 2.40. The molecule has 0 aliphatic heterocycles. The van der Waals surface area contributed by atoms with Crippen molar-refractivity contribution in [2.45, 2.75) is 12.8 Å².